The first kappa shape index (κ1) is 23.6. The largest absolute Gasteiger partial charge is 0.493 e. The molecular formula is C28H33N3O3. The molecule has 2 N–H and O–H groups in total. The van der Waals surface area contributed by atoms with Crippen molar-refractivity contribution in [3.05, 3.63) is 89.0 Å². The van der Waals surface area contributed by atoms with Gasteiger partial charge in [-0.25, -0.2) is 4.79 Å². The molecule has 0 aromatic heterocycles. The van der Waals surface area contributed by atoms with Crippen molar-refractivity contribution in [3.8, 4) is 11.5 Å². The minimum atomic E-state index is -0.219. The Morgan fingerprint density at radius 3 is 2.38 bits per heavy atom. The van der Waals surface area contributed by atoms with Crippen LogP contribution in [-0.4, -0.2) is 37.7 Å². The molecule has 3 aromatic carbocycles. The first-order chi connectivity index (χ1) is 16.5. The molecule has 0 saturated carbocycles. The van der Waals surface area contributed by atoms with E-state index in [2.05, 4.69) is 58.9 Å². The number of anilines is 1. The third-order valence-electron chi connectivity index (χ3n) is 6.40. The molecule has 6 nitrogen and oxygen atoms in total. The smallest absolute Gasteiger partial charge is 0.319 e. The maximum Gasteiger partial charge on any atom is 0.319 e. The van der Waals surface area contributed by atoms with Gasteiger partial charge in [-0.3, -0.25) is 4.90 Å². The van der Waals surface area contributed by atoms with Crippen molar-refractivity contribution in [2.45, 2.75) is 38.9 Å². The van der Waals surface area contributed by atoms with Crippen molar-refractivity contribution in [3.63, 3.8) is 0 Å². The van der Waals surface area contributed by atoms with Crippen molar-refractivity contribution in [2.24, 2.45) is 0 Å². The Morgan fingerprint density at radius 2 is 1.71 bits per heavy atom. The number of urea groups is 1. The molecule has 178 valence electrons. The van der Waals surface area contributed by atoms with Gasteiger partial charge in [0.2, 0.25) is 0 Å². The minimum absolute atomic E-state index is 0.0208. The lowest BCUT2D eigenvalue weighted by atomic mass is 9.87. The summed E-state index contributed by atoms with van der Waals surface area (Å²) in [5, 5.41) is 6.13. The van der Waals surface area contributed by atoms with E-state index in [1.54, 1.807) is 14.2 Å². The molecular weight excluding hydrogens is 426 g/mol. The average Bonchev–Trinajstić information content (AvgIpc) is 2.84. The lowest BCUT2D eigenvalue weighted by molar-refractivity contribution is 0.144. The number of methoxy groups -OCH3 is 2. The normalized spacial score (nSPS) is 16.3. The Balaban J connectivity index is 1.61. The Kier molecular flexibility index (Phi) is 7.38. The highest BCUT2D eigenvalue weighted by Gasteiger charge is 2.33. The molecule has 6 heteroatoms. The van der Waals surface area contributed by atoms with E-state index in [1.165, 1.54) is 11.1 Å². The van der Waals surface area contributed by atoms with Gasteiger partial charge in [0.15, 0.2) is 11.5 Å². The molecule has 1 heterocycles. The molecule has 2 atom stereocenters. The van der Waals surface area contributed by atoms with Crippen LogP contribution in [0.25, 0.3) is 0 Å². The maximum absolute atomic E-state index is 12.9. The predicted molar refractivity (Wildman–Crippen MR) is 136 cm³/mol. The third-order valence-corrected chi connectivity index (χ3v) is 6.40. The Hall–Kier alpha value is -3.51. The number of amides is 2. The fourth-order valence-electron chi connectivity index (χ4n) is 4.70. The van der Waals surface area contributed by atoms with Gasteiger partial charge in [-0.2, -0.15) is 0 Å². The van der Waals surface area contributed by atoms with Crippen LogP contribution in [0.2, 0.25) is 0 Å². The molecule has 4 rings (SSSR count). The van der Waals surface area contributed by atoms with Gasteiger partial charge >= 0.3 is 6.03 Å². The minimum Gasteiger partial charge on any atom is -0.493 e. The number of carbonyl (C=O) groups excluding carboxylic acids is 1. The van der Waals surface area contributed by atoms with E-state index in [0.717, 1.165) is 42.1 Å². The Labute approximate surface area is 201 Å². The fraction of sp³-hybridized carbons (Fsp3) is 0.321. The summed E-state index contributed by atoms with van der Waals surface area (Å²) >= 11 is 0. The number of ether oxygens (including phenoxy) is 2. The summed E-state index contributed by atoms with van der Waals surface area (Å²) in [7, 11) is 3.31. The average molecular weight is 460 g/mol. The van der Waals surface area contributed by atoms with E-state index >= 15 is 0 Å². The van der Waals surface area contributed by atoms with Crippen LogP contribution in [0.4, 0.5) is 10.5 Å². The number of nitrogens with zero attached hydrogens (tertiary/aromatic N) is 1. The topological polar surface area (TPSA) is 62.8 Å². The van der Waals surface area contributed by atoms with Crippen molar-refractivity contribution in [1.82, 2.24) is 10.2 Å². The first-order valence-electron chi connectivity index (χ1n) is 11.7. The first-order valence-corrected chi connectivity index (χ1v) is 11.7. The zero-order valence-corrected chi connectivity index (χ0v) is 20.3. The van der Waals surface area contributed by atoms with E-state index in [9.17, 15) is 4.79 Å². The van der Waals surface area contributed by atoms with Crippen LogP contribution < -0.4 is 20.1 Å². The second-order valence-corrected chi connectivity index (χ2v) is 8.81. The van der Waals surface area contributed by atoms with E-state index in [1.807, 2.05) is 37.3 Å². The molecule has 1 aliphatic heterocycles. The highest BCUT2D eigenvalue weighted by atomic mass is 16.5. The zero-order valence-electron chi connectivity index (χ0n) is 20.3. The van der Waals surface area contributed by atoms with E-state index in [-0.39, 0.29) is 18.1 Å². The zero-order chi connectivity index (χ0) is 24.1. The summed E-state index contributed by atoms with van der Waals surface area (Å²) in [5.74, 6) is 1.43. The van der Waals surface area contributed by atoms with Gasteiger partial charge in [-0.15, -0.1) is 0 Å². The summed E-state index contributed by atoms with van der Waals surface area (Å²) in [5.41, 5.74) is 5.54. The summed E-state index contributed by atoms with van der Waals surface area (Å²) in [4.78, 5) is 15.3. The third kappa shape index (κ3) is 5.34. The predicted octanol–water partition coefficient (Wildman–Crippen LogP) is 5.32. The van der Waals surface area contributed by atoms with Gasteiger partial charge in [0, 0.05) is 24.8 Å². The van der Waals surface area contributed by atoms with Crippen LogP contribution in [0.15, 0.2) is 66.7 Å². The van der Waals surface area contributed by atoms with Crippen molar-refractivity contribution in [2.75, 3.05) is 26.1 Å². The second kappa shape index (κ2) is 10.6. The van der Waals surface area contributed by atoms with E-state index in [0.29, 0.717) is 5.75 Å². The highest BCUT2D eigenvalue weighted by molar-refractivity contribution is 5.89. The van der Waals surface area contributed by atoms with Gasteiger partial charge in [-0.1, -0.05) is 48.0 Å². The van der Waals surface area contributed by atoms with Crippen LogP contribution >= 0.6 is 0 Å². The summed E-state index contributed by atoms with van der Waals surface area (Å²) in [6, 6.07) is 22.0. The number of hydrogen-bond donors (Lipinski definition) is 2. The maximum atomic E-state index is 12.9. The second-order valence-electron chi connectivity index (χ2n) is 8.81. The van der Waals surface area contributed by atoms with Crippen molar-refractivity contribution >= 4 is 11.7 Å². The monoisotopic (exact) mass is 459 g/mol. The van der Waals surface area contributed by atoms with Crippen LogP contribution in [0.5, 0.6) is 11.5 Å². The van der Waals surface area contributed by atoms with Gasteiger partial charge in [-0.05, 0) is 61.2 Å². The quantitative estimate of drug-likeness (QED) is 0.502. The van der Waals surface area contributed by atoms with Crippen molar-refractivity contribution < 1.29 is 14.3 Å². The number of fused-ring (bicyclic) bond motifs is 1. The van der Waals surface area contributed by atoms with Gasteiger partial charge in [0.1, 0.15) is 0 Å². The summed E-state index contributed by atoms with van der Waals surface area (Å²) < 4.78 is 11.2. The summed E-state index contributed by atoms with van der Waals surface area (Å²) in [6.07, 6.45) is 0.904. The van der Waals surface area contributed by atoms with Crippen LogP contribution in [0, 0.1) is 6.92 Å². The van der Waals surface area contributed by atoms with Gasteiger partial charge in [0.05, 0.1) is 20.3 Å². The molecule has 2 amide bonds. The Morgan fingerprint density at radius 1 is 1.03 bits per heavy atom. The molecule has 0 saturated heterocycles. The molecule has 0 bridgehead atoms. The highest BCUT2D eigenvalue weighted by Crippen LogP contribution is 2.40. The number of hydrogen-bond acceptors (Lipinski definition) is 4. The molecule has 0 fully saturated rings. The Bertz CT molecular complexity index is 1120. The van der Waals surface area contributed by atoms with E-state index < -0.39 is 0 Å². The fourth-order valence-corrected chi connectivity index (χ4v) is 4.70. The van der Waals surface area contributed by atoms with Crippen molar-refractivity contribution in [1.29, 1.82) is 0 Å². The number of benzene rings is 3. The molecule has 0 unspecified atom stereocenters. The lowest BCUT2D eigenvalue weighted by Crippen LogP contribution is -2.48. The summed E-state index contributed by atoms with van der Waals surface area (Å²) in [6.45, 7) is 5.76. The molecule has 1 aliphatic rings. The molecule has 0 aliphatic carbocycles. The van der Waals surface area contributed by atoms with Gasteiger partial charge < -0.3 is 20.1 Å². The van der Waals surface area contributed by atoms with E-state index in [4.69, 9.17) is 9.47 Å². The lowest BCUT2D eigenvalue weighted by Gasteiger charge is -2.41. The van der Waals surface area contributed by atoms with Crippen LogP contribution in [0.1, 0.15) is 35.2 Å². The molecule has 3 aromatic rings. The van der Waals surface area contributed by atoms with Crippen LogP contribution in [0.3, 0.4) is 0 Å². The SMILES string of the molecule is COc1cc2c(cc1OC)[C@H]([C@@H](C)NC(=O)Nc1ccc(C)cc1)N(Cc1ccccc1)CC2. The number of nitrogens with one attached hydrogen (secondary N) is 2. The molecule has 0 radical (unpaired) electrons. The number of rotatable bonds is 7. The number of aryl methyl sites for hydroxylation is 1. The van der Waals surface area contributed by atoms with Crippen LogP contribution in [-0.2, 0) is 13.0 Å². The molecule has 0 spiro atoms. The molecule has 34 heavy (non-hydrogen) atoms. The van der Waals surface area contributed by atoms with Gasteiger partial charge in [0.25, 0.3) is 0 Å². The standard InChI is InChI=1S/C28H33N3O3/c1-19-10-12-23(13-11-19)30-28(32)29-20(2)27-24-17-26(34-4)25(33-3)16-22(24)14-15-31(27)18-21-8-6-5-7-9-21/h5-13,16-17,20,27H,14-15,18H2,1-4H3,(H2,29,30,32)/t20-,27+/m1/s1. The number of carbonyl (C=O) groups is 1.